The number of hydrogen-bond donors (Lipinski definition) is 2. The molecule has 0 amide bonds. The minimum Gasteiger partial charge on any atom is -0.263 e. The van der Waals surface area contributed by atoms with Crippen LogP contribution in [0.3, 0.4) is 0 Å². The molecule has 0 bridgehead atoms. The van der Waals surface area contributed by atoms with Crippen LogP contribution in [-0.4, -0.2) is 10.8 Å². The molecule has 2 heterocycles. The number of anilines is 1. The van der Waals surface area contributed by atoms with Gasteiger partial charge in [0.15, 0.2) is 0 Å². The lowest BCUT2D eigenvalue weighted by Gasteiger charge is -2.17. The number of pyridine rings is 1. The van der Waals surface area contributed by atoms with Gasteiger partial charge >= 0.3 is 0 Å². The van der Waals surface area contributed by atoms with Gasteiger partial charge in [-0.2, -0.15) is 10.7 Å². The van der Waals surface area contributed by atoms with E-state index >= 15 is 0 Å². The molecule has 2 N–H and O–H groups in total. The molecule has 1 aromatic heterocycles. The molecular formula is C11H11N5. The fourth-order valence-electron chi connectivity index (χ4n) is 1.64. The topological polar surface area (TPSA) is 52.6 Å². The van der Waals surface area contributed by atoms with E-state index in [4.69, 9.17) is 0 Å². The van der Waals surface area contributed by atoms with E-state index in [0.29, 0.717) is 0 Å². The zero-order valence-electron chi connectivity index (χ0n) is 8.81. The van der Waals surface area contributed by atoms with E-state index < -0.39 is 0 Å². The van der Waals surface area contributed by atoms with E-state index in [-0.39, 0.29) is 0 Å². The van der Waals surface area contributed by atoms with E-state index in [2.05, 4.69) is 27.1 Å². The van der Waals surface area contributed by atoms with Gasteiger partial charge in [-0.15, -0.1) is 5.10 Å². The summed E-state index contributed by atoms with van der Waals surface area (Å²) in [7, 11) is 0. The summed E-state index contributed by atoms with van der Waals surface area (Å²) in [6.45, 7) is 1.89. The van der Waals surface area contributed by atoms with E-state index in [1.807, 2.05) is 31.2 Å². The van der Waals surface area contributed by atoms with Gasteiger partial charge in [0, 0.05) is 5.39 Å². The number of rotatable bonds is 1. The molecule has 80 valence electrons. The Morgan fingerprint density at radius 2 is 2.12 bits per heavy atom. The molecular weight excluding hydrogens is 202 g/mol. The fourth-order valence-corrected chi connectivity index (χ4v) is 1.64. The fraction of sp³-hybridized carbons (Fsp3) is 0.0909. The van der Waals surface area contributed by atoms with Crippen molar-refractivity contribution in [1.82, 2.24) is 15.9 Å². The standard InChI is InChI=1S/C11H11N5/c1-8-13-15-16(14-8)10-6-9-4-2-3-5-11(9)12-7-10/h2-7,15H,1H3,(H,13,14). The lowest BCUT2D eigenvalue weighted by Crippen LogP contribution is -2.40. The van der Waals surface area contributed by atoms with Crippen LogP contribution < -0.4 is 16.1 Å². The molecule has 1 aliphatic heterocycles. The minimum atomic E-state index is 0.827. The first-order valence-corrected chi connectivity index (χ1v) is 5.04. The van der Waals surface area contributed by atoms with Crippen LogP contribution in [0.5, 0.6) is 0 Å². The Balaban J connectivity index is 1.99. The second-order valence-electron chi connectivity index (χ2n) is 3.63. The predicted molar refractivity (Wildman–Crippen MR) is 63.6 cm³/mol. The number of hydrogen-bond acceptors (Lipinski definition) is 5. The first kappa shape index (κ1) is 8.96. The number of hydrazine groups is 2. The van der Waals surface area contributed by atoms with Gasteiger partial charge in [0.25, 0.3) is 0 Å². The minimum absolute atomic E-state index is 0.827. The smallest absolute Gasteiger partial charge is 0.141 e. The molecule has 0 atom stereocenters. The van der Waals surface area contributed by atoms with Crippen LogP contribution in [0, 0.1) is 0 Å². The molecule has 5 heteroatoms. The van der Waals surface area contributed by atoms with E-state index in [9.17, 15) is 0 Å². The number of benzene rings is 1. The maximum atomic E-state index is 4.38. The van der Waals surface area contributed by atoms with Crippen LogP contribution in [0.25, 0.3) is 10.9 Å². The molecule has 0 unspecified atom stereocenters. The van der Waals surface area contributed by atoms with Crippen molar-refractivity contribution in [2.45, 2.75) is 6.92 Å². The van der Waals surface area contributed by atoms with Crippen LogP contribution in [0.15, 0.2) is 41.6 Å². The van der Waals surface area contributed by atoms with Crippen molar-refractivity contribution in [3.63, 3.8) is 0 Å². The molecule has 0 radical (unpaired) electrons. The average Bonchev–Trinajstić information content (AvgIpc) is 2.75. The van der Waals surface area contributed by atoms with Crippen molar-refractivity contribution >= 4 is 22.4 Å². The Labute approximate surface area is 92.7 Å². The Kier molecular flexibility index (Phi) is 1.89. The summed E-state index contributed by atoms with van der Waals surface area (Å²) in [6, 6.07) is 10.1. The highest BCUT2D eigenvalue weighted by molar-refractivity contribution is 5.85. The molecule has 3 rings (SSSR count). The third-order valence-corrected chi connectivity index (χ3v) is 2.43. The van der Waals surface area contributed by atoms with Gasteiger partial charge in [0.05, 0.1) is 11.7 Å². The molecule has 0 fully saturated rings. The monoisotopic (exact) mass is 213 g/mol. The molecule has 0 saturated heterocycles. The summed E-state index contributed by atoms with van der Waals surface area (Å²) in [5.74, 6) is 0.827. The van der Waals surface area contributed by atoms with Gasteiger partial charge in [-0.1, -0.05) is 18.2 Å². The van der Waals surface area contributed by atoms with Gasteiger partial charge in [-0.25, -0.2) is 0 Å². The number of hydrazone groups is 1. The second-order valence-corrected chi connectivity index (χ2v) is 3.63. The third kappa shape index (κ3) is 1.42. The summed E-state index contributed by atoms with van der Waals surface area (Å²) in [5.41, 5.74) is 7.84. The maximum Gasteiger partial charge on any atom is 0.141 e. The van der Waals surface area contributed by atoms with Crippen LogP contribution in [0.2, 0.25) is 0 Å². The second kappa shape index (κ2) is 3.37. The summed E-state index contributed by atoms with van der Waals surface area (Å²) >= 11 is 0. The third-order valence-electron chi connectivity index (χ3n) is 2.43. The van der Waals surface area contributed by atoms with E-state index in [0.717, 1.165) is 22.4 Å². The molecule has 0 saturated carbocycles. The van der Waals surface area contributed by atoms with Crippen LogP contribution in [-0.2, 0) is 0 Å². The summed E-state index contributed by atoms with van der Waals surface area (Å²) in [6.07, 6.45) is 1.80. The van der Waals surface area contributed by atoms with Gasteiger partial charge in [0.1, 0.15) is 11.5 Å². The zero-order valence-corrected chi connectivity index (χ0v) is 8.81. The highest BCUT2D eigenvalue weighted by atomic mass is 15.9. The highest BCUT2D eigenvalue weighted by Crippen LogP contribution is 2.18. The van der Waals surface area contributed by atoms with E-state index in [1.54, 1.807) is 11.3 Å². The number of nitrogens with one attached hydrogen (secondary N) is 2. The van der Waals surface area contributed by atoms with Crippen LogP contribution in [0.4, 0.5) is 5.69 Å². The summed E-state index contributed by atoms with van der Waals surface area (Å²) in [5, 5.41) is 6.86. The van der Waals surface area contributed by atoms with Crippen molar-refractivity contribution in [2.24, 2.45) is 5.10 Å². The van der Waals surface area contributed by atoms with E-state index in [1.165, 1.54) is 0 Å². The molecule has 0 spiro atoms. The van der Waals surface area contributed by atoms with Crippen molar-refractivity contribution in [3.05, 3.63) is 36.5 Å². The van der Waals surface area contributed by atoms with Gasteiger partial charge in [-0.05, 0) is 19.1 Å². The van der Waals surface area contributed by atoms with Crippen LogP contribution >= 0.6 is 0 Å². The quantitative estimate of drug-likeness (QED) is 0.751. The predicted octanol–water partition coefficient (Wildman–Crippen LogP) is 1.40. The molecule has 5 nitrogen and oxygen atoms in total. The van der Waals surface area contributed by atoms with Crippen molar-refractivity contribution in [1.29, 1.82) is 0 Å². The van der Waals surface area contributed by atoms with Crippen molar-refractivity contribution in [2.75, 3.05) is 5.12 Å². The number of para-hydroxylation sites is 1. The Bertz CT molecular complexity index is 563. The Morgan fingerprint density at radius 3 is 2.94 bits per heavy atom. The Hall–Kier alpha value is -2.30. The average molecular weight is 213 g/mol. The molecule has 0 aliphatic carbocycles. The lowest BCUT2D eigenvalue weighted by atomic mass is 10.2. The number of fused-ring (bicyclic) bond motifs is 1. The maximum absolute atomic E-state index is 4.38. The number of nitrogens with zero attached hydrogens (tertiary/aromatic N) is 3. The zero-order chi connectivity index (χ0) is 11.0. The van der Waals surface area contributed by atoms with Gasteiger partial charge in [-0.3, -0.25) is 10.4 Å². The molecule has 2 aromatic rings. The number of amidine groups is 1. The van der Waals surface area contributed by atoms with Crippen molar-refractivity contribution < 1.29 is 0 Å². The first-order chi connectivity index (χ1) is 7.83. The summed E-state index contributed by atoms with van der Waals surface area (Å²) in [4.78, 5) is 4.38. The Morgan fingerprint density at radius 1 is 1.25 bits per heavy atom. The van der Waals surface area contributed by atoms with Gasteiger partial charge in [0.2, 0.25) is 0 Å². The largest absolute Gasteiger partial charge is 0.263 e. The molecule has 16 heavy (non-hydrogen) atoms. The lowest BCUT2D eigenvalue weighted by molar-refractivity contribution is 0.683. The number of aromatic nitrogens is 1. The first-order valence-electron chi connectivity index (χ1n) is 5.04. The SMILES string of the molecule is CC1=NNN(c2cnc3ccccc3c2)N1. The molecule has 1 aliphatic rings. The molecule has 1 aromatic carbocycles. The van der Waals surface area contributed by atoms with Crippen molar-refractivity contribution in [3.8, 4) is 0 Å². The highest BCUT2D eigenvalue weighted by Gasteiger charge is 2.12. The summed E-state index contributed by atoms with van der Waals surface area (Å²) < 4.78 is 0. The van der Waals surface area contributed by atoms with Crippen LogP contribution in [0.1, 0.15) is 6.92 Å². The normalized spacial score (nSPS) is 14.6. The van der Waals surface area contributed by atoms with Gasteiger partial charge < -0.3 is 0 Å².